The number of Topliss-reactive ketones (excluding diaryl/α,β-unsaturated/α-hetero) is 1. The molecule has 0 saturated carbocycles. The zero-order valence-electron chi connectivity index (χ0n) is 26.7. The van der Waals surface area contributed by atoms with Crippen LogP contribution in [-0.2, 0) is 22.4 Å². The van der Waals surface area contributed by atoms with Crippen molar-refractivity contribution in [2.24, 2.45) is 4.99 Å². The molecule has 1 saturated heterocycles. The lowest BCUT2D eigenvalue weighted by Crippen LogP contribution is -2.59. The molecule has 1 aliphatic carbocycles. The summed E-state index contributed by atoms with van der Waals surface area (Å²) in [5, 5.41) is 13.8. The molecule has 3 aliphatic rings. The SMILES string of the molecule is Cc1sc2c(c1C)C(c1ccc(Cl)cc1)=N[C@@H](CC(=O)NC1CN(c3ccc(-c4ccc5c(c4)CC(=O)C5)cn3)C1)c1nnc(C)n1-2.S. The second-order valence-corrected chi connectivity index (χ2v) is 14.2. The lowest BCUT2D eigenvalue weighted by molar-refractivity contribution is -0.122. The molecule has 0 unspecified atom stereocenters. The summed E-state index contributed by atoms with van der Waals surface area (Å²) in [6.45, 7) is 7.51. The highest BCUT2D eigenvalue weighted by Crippen LogP contribution is 2.39. The van der Waals surface area contributed by atoms with Crippen LogP contribution in [0.15, 0.2) is 65.8 Å². The summed E-state index contributed by atoms with van der Waals surface area (Å²) in [5.41, 5.74) is 8.30. The largest absolute Gasteiger partial charge is 0.352 e. The maximum atomic E-state index is 13.5. The number of aliphatic imine (C=N–C) groups is 1. The molecule has 0 radical (unpaired) electrons. The molecule has 3 aromatic heterocycles. The van der Waals surface area contributed by atoms with Gasteiger partial charge in [0.15, 0.2) is 5.82 Å². The van der Waals surface area contributed by atoms with Gasteiger partial charge < -0.3 is 10.2 Å². The number of ketones is 1. The number of carbonyl (C=O) groups is 2. The number of hydrogen-bond acceptors (Lipinski definition) is 8. The first-order valence-electron chi connectivity index (χ1n) is 15.7. The fourth-order valence-electron chi connectivity index (χ4n) is 6.73. The van der Waals surface area contributed by atoms with E-state index in [-0.39, 0.29) is 37.6 Å². The molecular formula is C36H34ClN7O2S2. The number of halogens is 1. The summed E-state index contributed by atoms with van der Waals surface area (Å²) in [4.78, 5) is 38.6. The van der Waals surface area contributed by atoms with Gasteiger partial charge in [-0.05, 0) is 67.3 Å². The van der Waals surface area contributed by atoms with Crippen LogP contribution in [0, 0.1) is 20.8 Å². The monoisotopic (exact) mass is 695 g/mol. The molecule has 48 heavy (non-hydrogen) atoms. The van der Waals surface area contributed by atoms with Crippen molar-refractivity contribution in [2.45, 2.75) is 52.1 Å². The zero-order valence-corrected chi connectivity index (χ0v) is 29.3. The number of benzene rings is 2. The van der Waals surface area contributed by atoms with E-state index in [1.54, 1.807) is 11.3 Å². The maximum Gasteiger partial charge on any atom is 0.222 e. The quantitative estimate of drug-likeness (QED) is 0.232. The van der Waals surface area contributed by atoms with Gasteiger partial charge in [0.1, 0.15) is 28.5 Å². The molecule has 5 aromatic rings. The molecule has 5 heterocycles. The van der Waals surface area contributed by atoms with E-state index in [4.69, 9.17) is 21.6 Å². The highest BCUT2D eigenvalue weighted by molar-refractivity contribution is 7.59. The van der Waals surface area contributed by atoms with E-state index in [1.165, 1.54) is 4.88 Å². The first-order valence-corrected chi connectivity index (χ1v) is 16.9. The number of aromatic nitrogens is 4. The molecular weight excluding hydrogens is 662 g/mol. The van der Waals surface area contributed by atoms with Gasteiger partial charge in [-0.1, -0.05) is 41.9 Å². The Bertz CT molecular complexity index is 2100. The van der Waals surface area contributed by atoms with Crippen LogP contribution < -0.4 is 10.2 Å². The third kappa shape index (κ3) is 5.73. The Morgan fingerprint density at radius 3 is 2.44 bits per heavy atom. The average molecular weight is 696 g/mol. The van der Waals surface area contributed by atoms with E-state index in [0.717, 1.165) is 61.3 Å². The standard InChI is InChI=1S/C36H32ClN7O2S.H2S/c1-19-20(2)47-36-33(19)34(22-6-9-27(37)10-7-22)40-30(35-42-41-21(3)44(35)36)15-32(46)39-28-17-43(18-28)31-11-8-25(16-38-31)23-4-5-24-13-29(45)14-26(24)12-23;/h4-12,16,28,30H,13-15,17-18H2,1-3H3,(H,39,46);1H2/t30-;/m0./s1. The lowest BCUT2D eigenvalue weighted by atomic mass is 9.99. The number of thiophene rings is 1. The van der Waals surface area contributed by atoms with Gasteiger partial charge in [0.2, 0.25) is 5.91 Å². The minimum absolute atomic E-state index is 0. The minimum atomic E-state index is -0.510. The van der Waals surface area contributed by atoms with Gasteiger partial charge in [-0.2, -0.15) is 13.5 Å². The molecule has 0 spiro atoms. The van der Waals surface area contributed by atoms with Crippen LogP contribution in [0.25, 0.3) is 16.1 Å². The topological polar surface area (TPSA) is 105 Å². The normalized spacial score (nSPS) is 16.7. The Kier molecular flexibility index (Phi) is 8.47. The van der Waals surface area contributed by atoms with Crippen LogP contribution in [-0.4, -0.2) is 56.3 Å². The summed E-state index contributed by atoms with van der Waals surface area (Å²) < 4.78 is 2.06. The number of pyridine rings is 1. The van der Waals surface area contributed by atoms with Crippen molar-refractivity contribution < 1.29 is 9.59 Å². The molecule has 244 valence electrons. The summed E-state index contributed by atoms with van der Waals surface area (Å²) in [7, 11) is 0. The number of hydrogen-bond donors (Lipinski definition) is 1. The van der Waals surface area contributed by atoms with Crippen LogP contribution >= 0.6 is 36.4 Å². The van der Waals surface area contributed by atoms with Crippen LogP contribution in [0.4, 0.5) is 5.82 Å². The van der Waals surface area contributed by atoms with Gasteiger partial charge in [0.25, 0.3) is 0 Å². The number of rotatable bonds is 6. The van der Waals surface area contributed by atoms with E-state index in [0.29, 0.717) is 36.8 Å². The number of amides is 1. The Balaban J connectivity index is 0.00000364. The van der Waals surface area contributed by atoms with Gasteiger partial charge in [-0.3, -0.25) is 19.1 Å². The number of anilines is 1. The van der Waals surface area contributed by atoms with E-state index in [2.05, 4.69) is 63.1 Å². The fourth-order valence-corrected chi connectivity index (χ4v) is 8.07. The minimum Gasteiger partial charge on any atom is -0.352 e. The van der Waals surface area contributed by atoms with Crippen molar-refractivity contribution in [2.75, 3.05) is 18.0 Å². The lowest BCUT2D eigenvalue weighted by Gasteiger charge is -2.40. The Morgan fingerprint density at radius 2 is 1.69 bits per heavy atom. The first kappa shape index (κ1) is 32.2. The molecule has 2 aliphatic heterocycles. The maximum absolute atomic E-state index is 13.5. The van der Waals surface area contributed by atoms with Crippen molar-refractivity contribution >= 4 is 59.7 Å². The molecule has 1 N–H and O–H groups in total. The molecule has 1 fully saturated rings. The van der Waals surface area contributed by atoms with E-state index >= 15 is 0 Å². The number of nitrogens with one attached hydrogen (secondary N) is 1. The molecule has 9 nitrogen and oxygen atoms in total. The first-order chi connectivity index (χ1) is 22.7. The van der Waals surface area contributed by atoms with Crippen molar-refractivity contribution in [1.29, 1.82) is 0 Å². The Labute approximate surface area is 294 Å². The second-order valence-electron chi connectivity index (χ2n) is 12.6. The van der Waals surface area contributed by atoms with E-state index in [9.17, 15) is 9.59 Å². The molecule has 2 aromatic carbocycles. The number of aryl methyl sites for hydroxylation is 2. The molecule has 0 bridgehead atoms. The van der Waals surface area contributed by atoms with Crippen LogP contribution in [0.2, 0.25) is 5.02 Å². The van der Waals surface area contributed by atoms with Crippen molar-refractivity contribution in [3.05, 3.63) is 110 Å². The summed E-state index contributed by atoms with van der Waals surface area (Å²) >= 11 is 7.92. The van der Waals surface area contributed by atoms with E-state index in [1.807, 2.05) is 43.5 Å². The second kappa shape index (κ2) is 12.6. The molecule has 1 atom stereocenters. The Morgan fingerprint density at radius 1 is 0.958 bits per heavy atom. The highest BCUT2D eigenvalue weighted by Gasteiger charge is 2.34. The third-order valence-electron chi connectivity index (χ3n) is 9.37. The smallest absolute Gasteiger partial charge is 0.222 e. The van der Waals surface area contributed by atoms with Crippen molar-refractivity contribution in [3.8, 4) is 16.1 Å². The van der Waals surface area contributed by atoms with Gasteiger partial charge in [-0.25, -0.2) is 4.98 Å². The van der Waals surface area contributed by atoms with Crippen molar-refractivity contribution in [1.82, 2.24) is 25.1 Å². The summed E-state index contributed by atoms with van der Waals surface area (Å²) in [6.07, 6.45) is 3.08. The average Bonchev–Trinajstić information content (AvgIpc) is 3.67. The fraction of sp³-hybridized carbons (Fsp3) is 0.278. The Hall–Kier alpha value is -4.32. The van der Waals surface area contributed by atoms with Gasteiger partial charge in [0, 0.05) is 58.7 Å². The predicted molar refractivity (Wildman–Crippen MR) is 195 cm³/mol. The number of nitrogens with zero attached hydrogens (tertiary/aromatic N) is 6. The van der Waals surface area contributed by atoms with E-state index < -0.39 is 6.04 Å². The van der Waals surface area contributed by atoms with Crippen LogP contribution in [0.5, 0.6) is 0 Å². The number of fused-ring (bicyclic) bond motifs is 4. The van der Waals surface area contributed by atoms with Gasteiger partial charge in [-0.15, -0.1) is 21.5 Å². The van der Waals surface area contributed by atoms with Gasteiger partial charge in [0.05, 0.1) is 18.2 Å². The summed E-state index contributed by atoms with van der Waals surface area (Å²) in [5.74, 6) is 2.49. The third-order valence-corrected chi connectivity index (χ3v) is 10.8. The van der Waals surface area contributed by atoms with Crippen LogP contribution in [0.3, 0.4) is 0 Å². The summed E-state index contributed by atoms with van der Waals surface area (Å²) in [6, 6.07) is 17.5. The molecule has 1 amide bonds. The predicted octanol–water partition coefficient (Wildman–Crippen LogP) is 6.04. The molecule has 12 heteroatoms. The van der Waals surface area contributed by atoms with Crippen molar-refractivity contribution in [3.63, 3.8) is 0 Å². The van der Waals surface area contributed by atoms with Gasteiger partial charge >= 0.3 is 0 Å². The molecule has 8 rings (SSSR count). The van der Waals surface area contributed by atoms with Crippen LogP contribution in [0.1, 0.15) is 56.8 Å². The zero-order chi connectivity index (χ0) is 32.4. The number of carbonyl (C=O) groups excluding carboxylic acids is 2. The highest BCUT2D eigenvalue weighted by atomic mass is 35.5.